The lowest BCUT2D eigenvalue weighted by molar-refractivity contribution is 0.100. The maximum absolute atomic E-state index is 11.2. The van der Waals surface area contributed by atoms with Crippen molar-refractivity contribution in [3.05, 3.63) is 59.2 Å². The normalized spacial score (nSPS) is 14.4. The first-order valence-corrected chi connectivity index (χ1v) is 7.16. The van der Waals surface area contributed by atoms with Gasteiger partial charge in [0.2, 0.25) is 5.91 Å². The molecule has 0 unspecified atom stereocenters. The third-order valence-corrected chi connectivity index (χ3v) is 4.01. The van der Waals surface area contributed by atoms with E-state index in [9.17, 15) is 4.79 Å². The van der Waals surface area contributed by atoms with E-state index in [-0.39, 0.29) is 0 Å². The molecule has 3 rings (SSSR count). The van der Waals surface area contributed by atoms with Crippen LogP contribution in [0, 0.1) is 0 Å². The molecular formula is C17H19N3O. The second-order valence-electron chi connectivity index (χ2n) is 5.43. The number of nitrogen functional groups attached to an aromatic ring is 1. The third-order valence-electron chi connectivity index (χ3n) is 4.01. The highest BCUT2D eigenvalue weighted by atomic mass is 16.1. The number of amides is 1. The van der Waals surface area contributed by atoms with E-state index in [1.165, 1.54) is 11.1 Å². The second kappa shape index (κ2) is 5.48. The number of nitrogens with two attached hydrogens (primary N) is 2. The molecule has 1 amide bonds. The van der Waals surface area contributed by atoms with Crippen LogP contribution in [0.15, 0.2) is 42.5 Å². The number of benzene rings is 2. The molecule has 0 aromatic heterocycles. The fourth-order valence-electron chi connectivity index (χ4n) is 2.90. The standard InChI is InChI=1S/C17H19N3O/c18-15-10-13(17(19)21)7-8-16(15)20-9-3-6-12-4-1-2-5-14(12)11-20/h1-2,4-5,7-8,10H,3,6,9,11,18H2,(H2,19,21). The number of primary amides is 1. The van der Waals surface area contributed by atoms with E-state index in [4.69, 9.17) is 11.5 Å². The molecule has 21 heavy (non-hydrogen) atoms. The van der Waals surface area contributed by atoms with Crippen molar-refractivity contribution < 1.29 is 4.79 Å². The summed E-state index contributed by atoms with van der Waals surface area (Å²) in [6.07, 6.45) is 2.18. The molecule has 2 aromatic carbocycles. The van der Waals surface area contributed by atoms with Gasteiger partial charge in [0.15, 0.2) is 0 Å². The molecule has 4 nitrogen and oxygen atoms in total. The summed E-state index contributed by atoms with van der Waals surface area (Å²) in [6, 6.07) is 13.8. The summed E-state index contributed by atoms with van der Waals surface area (Å²) in [5.41, 5.74) is 16.2. The fraction of sp³-hybridized carbons (Fsp3) is 0.235. The number of hydrogen-bond donors (Lipinski definition) is 2. The lowest BCUT2D eigenvalue weighted by atomic mass is 10.0. The third kappa shape index (κ3) is 2.70. The van der Waals surface area contributed by atoms with Gasteiger partial charge in [-0.15, -0.1) is 0 Å². The number of fused-ring (bicyclic) bond motifs is 1. The van der Waals surface area contributed by atoms with Gasteiger partial charge in [-0.1, -0.05) is 24.3 Å². The van der Waals surface area contributed by atoms with Crippen LogP contribution in [0.1, 0.15) is 27.9 Å². The summed E-state index contributed by atoms with van der Waals surface area (Å²) in [6.45, 7) is 1.80. The van der Waals surface area contributed by atoms with Gasteiger partial charge in [-0.25, -0.2) is 0 Å². The highest BCUT2D eigenvalue weighted by Gasteiger charge is 2.16. The molecular weight excluding hydrogens is 262 g/mol. The van der Waals surface area contributed by atoms with Gasteiger partial charge in [-0.3, -0.25) is 4.79 Å². The summed E-state index contributed by atoms with van der Waals surface area (Å²) in [7, 11) is 0. The molecule has 0 fully saturated rings. The molecule has 108 valence electrons. The van der Waals surface area contributed by atoms with E-state index in [2.05, 4.69) is 29.2 Å². The molecule has 2 aromatic rings. The van der Waals surface area contributed by atoms with Crippen LogP contribution in [0.3, 0.4) is 0 Å². The quantitative estimate of drug-likeness (QED) is 0.830. The minimum atomic E-state index is -0.450. The highest BCUT2D eigenvalue weighted by molar-refractivity contribution is 5.94. The molecule has 0 spiro atoms. The summed E-state index contributed by atoms with van der Waals surface area (Å²) < 4.78 is 0. The topological polar surface area (TPSA) is 72.4 Å². The summed E-state index contributed by atoms with van der Waals surface area (Å²) in [4.78, 5) is 13.5. The van der Waals surface area contributed by atoms with E-state index in [0.29, 0.717) is 11.3 Å². The lowest BCUT2D eigenvalue weighted by Crippen LogP contribution is -2.24. The highest BCUT2D eigenvalue weighted by Crippen LogP contribution is 2.29. The van der Waals surface area contributed by atoms with E-state index in [1.54, 1.807) is 12.1 Å². The lowest BCUT2D eigenvalue weighted by Gasteiger charge is -2.25. The molecule has 4 N–H and O–H groups in total. The number of rotatable bonds is 2. The van der Waals surface area contributed by atoms with Crippen LogP contribution in [0.4, 0.5) is 11.4 Å². The zero-order valence-corrected chi connectivity index (χ0v) is 11.9. The summed E-state index contributed by atoms with van der Waals surface area (Å²) in [5, 5.41) is 0. The number of aryl methyl sites for hydroxylation is 1. The molecule has 0 saturated carbocycles. The summed E-state index contributed by atoms with van der Waals surface area (Å²) in [5.74, 6) is -0.450. The van der Waals surface area contributed by atoms with Crippen molar-refractivity contribution in [2.24, 2.45) is 5.73 Å². The van der Waals surface area contributed by atoms with Gasteiger partial charge in [0.25, 0.3) is 0 Å². The first kappa shape index (κ1) is 13.5. The Morgan fingerprint density at radius 3 is 2.57 bits per heavy atom. The maximum Gasteiger partial charge on any atom is 0.248 e. The molecule has 0 bridgehead atoms. The van der Waals surface area contributed by atoms with Gasteiger partial charge in [0, 0.05) is 18.7 Å². The first-order chi connectivity index (χ1) is 10.1. The van der Waals surface area contributed by atoms with Gasteiger partial charge in [-0.2, -0.15) is 0 Å². The van der Waals surface area contributed by atoms with Crippen LogP contribution >= 0.6 is 0 Å². The van der Waals surface area contributed by atoms with Gasteiger partial charge in [0.1, 0.15) is 0 Å². The average Bonchev–Trinajstić information content (AvgIpc) is 2.69. The van der Waals surface area contributed by atoms with E-state index < -0.39 is 5.91 Å². The van der Waals surface area contributed by atoms with Crippen LogP contribution in [-0.4, -0.2) is 12.5 Å². The van der Waals surface area contributed by atoms with Crippen molar-refractivity contribution in [3.8, 4) is 0 Å². The number of carbonyl (C=O) groups is 1. The van der Waals surface area contributed by atoms with E-state index in [1.807, 2.05) is 6.07 Å². The minimum Gasteiger partial charge on any atom is -0.397 e. The van der Waals surface area contributed by atoms with Crippen molar-refractivity contribution in [1.29, 1.82) is 0 Å². The zero-order valence-electron chi connectivity index (χ0n) is 11.9. The molecule has 1 heterocycles. The number of carbonyl (C=O) groups excluding carboxylic acids is 1. The Labute approximate surface area is 124 Å². The van der Waals surface area contributed by atoms with Crippen LogP contribution in [0.5, 0.6) is 0 Å². The van der Waals surface area contributed by atoms with Crippen LogP contribution in [0.2, 0.25) is 0 Å². The molecule has 0 radical (unpaired) electrons. The Hall–Kier alpha value is -2.49. The molecule has 1 aliphatic rings. The van der Waals surface area contributed by atoms with Crippen molar-refractivity contribution in [1.82, 2.24) is 0 Å². The average molecular weight is 281 g/mol. The Morgan fingerprint density at radius 1 is 1.10 bits per heavy atom. The Morgan fingerprint density at radius 2 is 1.86 bits per heavy atom. The predicted octanol–water partition coefficient (Wildman–Crippen LogP) is 2.32. The SMILES string of the molecule is NC(=O)c1ccc(N2CCCc3ccccc3C2)c(N)c1. The molecule has 4 heteroatoms. The molecule has 0 saturated heterocycles. The van der Waals surface area contributed by atoms with Crippen LogP contribution in [-0.2, 0) is 13.0 Å². The Bertz CT molecular complexity index is 681. The van der Waals surface area contributed by atoms with Crippen LogP contribution in [0.25, 0.3) is 0 Å². The molecule has 0 atom stereocenters. The first-order valence-electron chi connectivity index (χ1n) is 7.16. The van der Waals surface area contributed by atoms with Gasteiger partial charge in [0.05, 0.1) is 11.4 Å². The number of anilines is 2. The van der Waals surface area contributed by atoms with Gasteiger partial charge >= 0.3 is 0 Å². The van der Waals surface area contributed by atoms with Crippen molar-refractivity contribution in [2.75, 3.05) is 17.2 Å². The number of hydrogen-bond acceptors (Lipinski definition) is 3. The minimum absolute atomic E-state index is 0.450. The van der Waals surface area contributed by atoms with E-state index >= 15 is 0 Å². The summed E-state index contributed by atoms with van der Waals surface area (Å²) >= 11 is 0. The smallest absolute Gasteiger partial charge is 0.248 e. The Balaban J connectivity index is 1.92. The van der Waals surface area contributed by atoms with Gasteiger partial charge in [-0.05, 0) is 42.2 Å². The largest absolute Gasteiger partial charge is 0.397 e. The van der Waals surface area contributed by atoms with Crippen molar-refractivity contribution in [2.45, 2.75) is 19.4 Å². The number of nitrogens with zero attached hydrogens (tertiary/aromatic N) is 1. The second-order valence-corrected chi connectivity index (χ2v) is 5.43. The van der Waals surface area contributed by atoms with Crippen molar-refractivity contribution in [3.63, 3.8) is 0 Å². The molecule has 0 aliphatic carbocycles. The maximum atomic E-state index is 11.2. The van der Waals surface area contributed by atoms with E-state index in [0.717, 1.165) is 31.6 Å². The predicted molar refractivity (Wildman–Crippen MR) is 85.2 cm³/mol. The van der Waals surface area contributed by atoms with Crippen LogP contribution < -0.4 is 16.4 Å². The van der Waals surface area contributed by atoms with Gasteiger partial charge < -0.3 is 16.4 Å². The fourth-order valence-corrected chi connectivity index (χ4v) is 2.90. The monoisotopic (exact) mass is 281 g/mol. The zero-order chi connectivity index (χ0) is 14.8. The Kier molecular flexibility index (Phi) is 3.52. The van der Waals surface area contributed by atoms with Crippen molar-refractivity contribution >= 4 is 17.3 Å². The molecule has 1 aliphatic heterocycles.